The fraction of sp³-hybridized carbons (Fsp3) is 0.263. The van der Waals surface area contributed by atoms with Crippen LogP contribution >= 0.6 is 0 Å². The van der Waals surface area contributed by atoms with Crippen LogP contribution in [0.25, 0.3) is 11.0 Å². The number of benzene rings is 2. The Hall–Kier alpha value is -2.62. The molecule has 23 heavy (non-hydrogen) atoms. The maximum Gasteiger partial charge on any atom is 0.206 e. The Balaban J connectivity index is 1.88. The SMILES string of the molecule is C/N=c1/n(CC(=O)c2ccccc2)c2cccc3c2n1CCC3. The number of para-hydroxylation sites is 1. The van der Waals surface area contributed by atoms with Crippen LogP contribution in [0.3, 0.4) is 0 Å². The summed E-state index contributed by atoms with van der Waals surface area (Å²) in [4.78, 5) is 17.1. The van der Waals surface area contributed by atoms with Gasteiger partial charge in [0.25, 0.3) is 0 Å². The molecule has 4 nitrogen and oxygen atoms in total. The summed E-state index contributed by atoms with van der Waals surface area (Å²) in [6, 6.07) is 15.8. The molecule has 0 aliphatic carbocycles. The van der Waals surface area contributed by atoms with Crippen LogP contribution in [-0.4, -0.2) is 22.0 Å². The van der Waals surface area contributed by atoms with E-state index in [2.05, 4.69) is 32.3 Å². The summed E-state index contributed by atoms with van der Waals surface area (Å²) in [5.41, 5.74) is 5.32. The number of carbonyl (C=O) groups is 1. The molecule has 0 atom stereocenters. The van der Waals surface area contributed by atoms with Gasteiger partial charge in [0.2, 0.25) is 5.62 Å². The van der Waals surface area contributed by atoms with E-state index in [9.17, 15) is 4.79 Å². The quantitative estimate of drug-likeness (QED) is 0.686. The van der Waals surface area contributed by atoms with Crippen molar-refractivity contribution in [3.8, 4) is 0 Å². The van der Waals surface area contributed by atoms with E-state index >= 15 is 0 Å². The van der Waals surface area contributed by atoms with Crippen molar-refractivity contribution in [1.29, 1.82) is 0 Å². The van der Waals surface area contributed by atoms with E-state index in [1.807, 2.05) is 30.3 Å². The van der Waals surface area contributed by atoms with Crippen LogP contribution in [-0.2, 0) is 19.5 Å². The van der Waals surface area contributed by atoms with Crippen molar-refractivity contribution in [1.82, 2.24) is 9.13 Å². The molecule has 1 aliphatic rings. The Morgan fingerprint density at radius 1 is 1.13 bits per heavy atom. The second-order valence-electron chi connectivity index (χ2n) is 5.94. The van der Waals surface area contributed by atoms with Gasteiger partial charge < -0.3 is 9.13 Å². The Labute approximate surface area is 134 Å². The zero-order valence-electron chi connectivity index (χ0n) is 13.2. The predicted octanol–water partition coefficient (Wildman–Crippen LogP) is 2.80. The lowest BCUT2D eigenvalue weighted by Gasteiger charge is -2.13. The van der Waals surface area contributed by atoms with Gasteiger partial charge in [-0.2, -0.15) is 0 Å². The molecule has 3 aromatic rings. The molecule has 4 rings (SSSR count). The lowest BCUT2D eigenvalue weighted by molar-refractivity contribution is 0.0971. The van der Waals surface area contributed by atoms with E-state index in [0.717, 1.165) is 36.1 Å². The van der Waals surface area contributed by atoms with Crippen molar-refractivity contribution in [2.75, 3.05) is 7.05 Å². The number of hydrogen-bond donors (Lipinski definition) is 0. The van der Waals surface area contributed by atoms with Crippen molar-refractivity contribution in [3.63, 3.8) is 0 Å². The maximum absolute atomic E-state index is 12.7. The highest BCUT2D eigenvalue weighted by Gasteiger charge is 2.19. The van der Waals surface area contributed by atoms with Gasteiger partial charge in [-0.25, -0.2) is 0 Å². The summed E-state index contributed by atoms with van der Waals surface area (Å²) in [5.74, 6) is 0.115. The third kappa shape index (κ3) is 2.22. The molecule has 0 fully saturated rings. The fourth-order valence-corrected chi connectivity index (χ4v) is 3.56. The molecule has 0 saturated heterocycles. The molecule has 116 valence electrons. The highest BCUT2D eigenvalue weighted by atomic mass is 16.1. The van der Waals surface area contributed by atoms with Gasteiger partial charge in [-0.1, -0.05) is 42.5 Å². The first-order valence-electron chi connectivity index (χ1n) is 8.01. The van der Waals surface area contributed by atoms with Crippen molar-refractivity contribution < 1.29 is 4.79 Å². The summed E-state index contributed by atoms with van der Waals surface area (Å²) in [6.45, 7) is 1.29. The lowest BCUT2D eigenvalue weighted by Crippen LogP contribution is -2.29. The number of nitrogens with zero attached hydrogens (tertiary/aromatic N) is 3. The molecule has 0 amide bonds. The zero-order chi connectivity index (χ0) is 15.8. The minimum absolute atomic E-state index is 0.115. The monoisotopic (exact) mass is 305 g/mol. The van der Waals surface area contributed by atoms with Gasteiger partial charge >= 0.3 is 0 Å². The lowest BCUT2D eigenvalue weighted by atomic mass is 10.0. The van der Waals surface area contributed by atoms with E-state index in [0.29, 0.717) is 6.54 Å². The standard InChI is InChI=1S/C19H19N3O/c1-20-19-21-12-6-10-15-9-5-11-16(18(15)21)22(19)13-17(23)14-7-3-2-4-8-14/h2-5,7-9,11H,6,10,12-13H2,1H3/b20-19+. The third-order valence-electron chi connectivity index (χ3n) is 4.57. The molecular formula is C19H19N3O. The van der Waals surface area contributed by atoms with Gasteiger partial charge in [-0.05, 0) is 24.5 Å². The first kappa shape index (κ1) is 14.0. The topological polar surface area (TPSA) is 39.3 Å². The predicted molar refractivity (Wildman–Crippen MR) is 90.5 cm³/mol. The number of hydrogen-bond acceptors (Lipinski definition) is 2. The molecule has 4 heteroatoms. The molecular weight excluding hydrogens is 286 g/mol. The molecule has 2 heterocycles. The zero-order valence-corrected chi connectivity index (χ0v) is 13.2. The van der Waals surface area contributed by atoms with E-state index in [1.165, 1.54) is 11.1 Å². The first-order valence-corrected chi connectivity index (χ1v) is 8.01. The highest BCUT2D eigenvalue weighted by Crippen LogP contribution is 2.24. The molecule has 0 saturated carbocycles. The Kier molecular flexibility index (Phi) is 3.37. The number of aromatic nitrogens is 2. The van der Waals surface area contributed by atoms with Crippen LogP contribution in [0, 0.1) is 0 Å². The largest absolute Gasteiger partial charge is 0.310 e. The van der Waals surface area contributed by atoms with Crippen molar-refractivity contribution in [2.24, 2.45) is 4.99 Å². The maximum atomic E-state index is 12.7. The van der Waals surface area contributed by atoms with Crippen LogP contribution in [0.2, 0.25) is 0 Å². The van der Waals surface area contributed by atoms with Crippen LogP contribution in [0.15, 0.2) is 53.5 Å². The molecule has 0 spiro atoms. The minimum Gasteiger partial charge on any atom is -0.310 e. The Bertz CT molecular complexity index is 948. The van der Waals surface area contributed by atoms with Gasteiger partial charge in [-0.3, -0.25) is 9.79 Å². The number of carbonyl (C=O) groups excluding carboxylic acids is 1. The smallest absolute Gasteiger partial charge is 0.206 e. The second kappa shape index (κ2) is 5.54. The number of Topliss-reactive ketones (excluding diaryl/α,β-unsaturated/α-hetero) is 1. The second-order valence-corrected chi connectivity index (χ2v) is 5.94. The van der Waals surface area contributed by atoms with Gasteiger partial charge in [0.1, 0.15) is 0 Å². The first-order chi connectivity index (χ1) is 11.3. The Morgan fingerprint density at radius 2 is 1.96 bits per heavy atom. The molecule has 0 unspecified atom stereocenters. The van der Waals surface area contributed by atoms with Crippen LogP contribution < -0.4 is 5.62 Å². The summed E-state index contributed by atoms with van der Waals surface area (Å²) in [6.07, 6.45) is 2.22. The number of imidazole rings is 1. The third-order valence-corrected chi connectivity index (χ3v) is 4.57. The Morgan fingerprint density at radius 3 is 2.74 bits per heavy atom. The number of aryl methyl sites for hydroxylation is 2. The van der Waals surface area contributed by atoms with Crippen molar-refractivity contribution in [3.05, 3.63) is 65.3 Å². The van der Waals surface area contributed by atoms with Crippen LogP contribution in [0.1, 0.15) is 22.3 Å². The van der Waals surface area contributed by atoms with Gasteiger partial charge in [0.15, 0.2) is 5.78 Å². The summed E-state index contributed by atoms with van der Waals surface area (Å²) in [7, 11) is 1.80. The highest BCUT2D eigenvalue weighted by molar-refractivity contribution is 5.96. The molecule has 1 aromatic heterocycles. The minimum atomic E-state index is 0.115. The van der Waals surface area contributed by atoms with Gasteiger partial charge in [-0.15, -0.1) is 0 Å². The van der Waals surface area contributed by atoms with Gasteiger partial charge in [0.05, 0.1) is 17.6 Å². The molecule has 2 aromatic carbocycles. The van der Waals surface area contributed by atoms with Gasteiger partial charge in [0, 0.05) is 19.2 Å². The van der Waals surface area contributed by atoms with Crippen LogP contribution in [0.5, 0.6) is 0 Å². The molecule has 0 N–H and O–H groups in total. The fourth-order valence-electron chi connectivity index (χ4n) is 3.56. The number of ketones is 1. The average molecular weight is 305 g/mol. The van der Waals surface area contributed by atoms with E-state index in [4.69, 9.17) is 0 Å². The van der Waals surface area contributed by atoms with Crippen molar-refractivity contribution >= 4 is 16.8 Å². The van der Waals surface area contributed by atoms with E-state index < -0.39 is 0 Å². The summed E-state index contributed by atoms with van der Waals surface area (Å²) in [5, 5.41) is 0. The van der Waals surface area contributed by atoms with E-state index in [-0.39, 0.29) is 5.78 Å². The van der Waals surface area contributed by atoms with Crippen LogP contribution in [0.4, 0.5) is 0 Å². The van der Waals surface area contributed by atoms with Crippen molar-refractivity contribution in [2.45, 2.75) is 25.9 Å². The molecule has 0 radical (unpaired) electrons. The average Bonchev–Trinajstić information content (AvgIpc) is 2.91. The van der Waals surface area contributed by atoms with E-state index in [1.54, 1.807) is 7.05 Å². The number of rotatable bonds is 3. The molecule has 0 bridgehead atoms. The summed E-state index contributed by atoms with van der Waals surface area (Å²) >= 11 is 0. The normalized spacial score (nSPS) is 14.4. The molecule has 1 aliphatic heterocycles. The summed E-state index contributed by atoms with van der Waals surface area (Å²) < 4.78 is 4.31.